The first-order valence-electron chi connectivity index (χ1n) is 4.96. The Kier molecular flexibility index (Phi) is 1.26. The van der Waals surface area contributed by atoms with E-state index >= 15 is 0 Å². The summed E-state index contributed by atoms with van der Waals surface area (Å²) < 4.78 is 22.9. The molecule has 0 nitrogen and oxygen atoms in total. The monoisotopic (exact) mass is 115 g/mol. The predicted octanol–water partition coefficient (Wildman–Crippen LogP) is 2.98. The number of rotatable bonds is 1. The fourth-order valence-corrected chi connectivity index (χ4v) is 1.23. The molecule has 48 valence electrons. The van der Waals surface area contributed by atoms with E-state index in [1.165, 1.54) is 13.3 Å². The molecule has 0 amide bonds. The molecule has 1 aliphatic rings. The quantitative estimate of drug-likeness (QED) is 0.493. The third kappa shape index (κ3) is 1.50. The van der Waals surface area contributed by atoms with Crippen LogP contribution in [-0.2, 0) is 0 Å². The van der Waals surface area contributed by atoms with Gasteiger partial charge in [-0.05, 0) is 5.89 Å². The van der Waals surface area contributed by atoms with Gasteiger partial charge in [0.25, 0.3) is 0 Å². The van der Waals surface area contributed by atoms with Gasteiger partial charge in [-0.15, -0.1) is 0 Å². The minimum Gasteiger partial charge on any atom is -0.0651 e. The Bertz CT molecular complexity index is 131. The Balaban J connectivity index is 2.64. The summed E-state index contributed by atoms with van der Waals surface area (Å²) in [4.78, 5) is 0. The summed E-state index contributed by atoms with van der Waals surface area (Å²) in [6, 6.07) is 0. The van der Waals surface area contributed by atoms with Gasteiger partial charge in [0.1, 0.15) is 0 Å². The van der Waals surface area contributed by atoms with Crippen molar-refractivity contribution in [2.75, 3.05) is 0 Å². The van der Waals surface area contributed by atoms with Crippen LogP contribution in [0.4, 0.5) is 0 Å². The second-order valence-electron chi connectivity index (χ2n) is 2.41. The van der Waals surface area contributed by atoms with Crippen molar-refractivity contribution in [3.8, 4) is 0 Å². The zero-order chi connectivity index (χ0) is 8.54. The lowest BCUT2D eigenvalue weighted by Gasteiger charge is -2.18. The van der Waals surface area contributed by atoms with Crippen molar-refractivity contribution >= 4 is 0 Å². The van der Waals surface area contributed by atoms with Gasteiger partial charge in [-0.3, -0.25) is 0 Å². The van der Waals surface area contributed by atoms with Crippen LogP contribution >= 0.6 is 0 Å². The van der Waals surface area contributed by atoms with Gasteiger partial charge >= 0.3 is 0 Å². The second kappa shape index (κ2) is 3.11. The Labute approximate surface area is 56.5 Å². The topological polar surface area (TPSA) is 0 Å². The van der Waals surface area contributed by atoms with Crippen molar-refractivity contribution in [1.29, 1.82) is 0 Å². The Morgan fingerprint density at radius 1 is 1.50 bits per heavy atom. The number of hydrogen-bond acceptors (Lipinski definition) is 0. The Hall–Kier alpha value is 0. The van der Waals surface area contributed by atoms with Crippen molar-refractivity contribution in [1.82, 2.24) is 0 Å². The van der Waals surface area contributed by atoms with Gasteiger partial charge in [-0.1, -0.05) is 45.4 Å². The largest absolute Gasteiger partial charge is 0.0651 e. The lowest BCUT2D eigenvalue weighted by molar-refractivity contribution is 0.349. The molecule has 0 bridgehead atoms. The molecule has 1 rings (SSSR count). The highest BCUT2D eigenvalue weighted by Crippen LogP contribution is 2.25. The van der Waals surface area contributed by atoms with E-state index in [9.17, 15) is 0 Å². The molecule has 1 fully saturated rings. The standard InChI is InChI=1S/C8H16/c1-2-8-6-4-3-5-7-8/h8H,2-7H2,1H3/i2D2,8D. The SMILES string of the molecule is [2H]C([2H])(C)C1([2H])CCCCC1. The maximum absolute atomic E-state index is 7.90. The molecule has 1 aliphatic carbocycles. The molecule has 0 saturated heterocycles. The Morgan fingerprint density at radius 2 is 2.12 bits per heavy atom. The van der Waals surface area contributed by atoms with Crippen LogP contribution in [0.1, 0.15) is 49.5 Å². The molecule has 1 saturated carbocycles. The summed E-state index contributed by atoms with van der Waals surface area (Å²) in [7, 11) is 0. The van der Waals surface area contributed by atoms with Crippen molar-refractivity contribution in [2.24, 2.45) is 5.89 Å². The summed E-state index contributed by atoms with van der Waals surface area (Å²) in [5.74, 6) is -0.800. The van der Waals surface area contributed by atoms with E-state index in [0.717, 1.165) is 25.7 Å². The smallest absolute Gasteiger partial charge is 0.0303 e. The van der Waals surface area contributed by atoms with E-state index in [1.54, 1.807) is 0 Å². The highest BCUT2D eigenvalue weighted by molar-refractivity contribution is 4.63. The molecule has 0 spiro atoms. The van der Waals surface area contributed by atoms with E-state index < -0.39 is 12.3 Å². The van der Waals surface area contributed by atoms with Crippen molar-refractivity contribution in [3.63, 3.8) is 0 Å². The molecule has 0 aromatic heterocycles. The van der Waals surface area contributed by atoms with E-state index in [0.29, 0.717) is 0 Å². The van der Waals surface area contributed by atoms with Crippen molar-refractivity contribution < 1.29 is 4.11 Å². The number of hydrogen-bond donors (Lipinski definition) is 0. The predicted molar refractivity (Wildman–Crippen MR) is 36.9 cm³/mol. The molecular weight excluding hydrogens is 96.1 g/mol. The van der Waals surface area contributed by atoms with Crippen LogP contribution in [0.25, 0.3) is 0 Å². The summed E-state index contributed by atoms with van der Waals surface area (Å²) in [6.07, 6.45) is 3.37. The first-order chi connectivity index (χ1) is 4.96. The third-order valence-corrected chi connectivity index (χ3v) is 1.81. The highest BCUT2D eigenvalue weighted by atomic mass is 14.2. The lowest BCUT2D eigenvalue weighted by atomic mass is 9.88. The lowest BCUT2D eigenvalue weighted by Crippen LogP contribution is -2.03. The van der Waals surface area contributed by atoms with Gasteiger partial charge < -0.3 is 0 Å². The summed E-state index contributed by atoms with van der Waals surface area (Å²) in [6.45, 7) is 1.53. The molecule has 8 heavy (non-hydrogen) atoms. The summed E-state index contributed by atoms with van der Waals surface area (Å²) in [5, 5.41) is 0. The summed E-state index contributed by atoms with van der Waals surface area (Å²) >= 11 is 0. The first kappa shape index (κ1) is 3.24. The fourth-order valence-electron chi connectivity index (χ4n) is 1.23. The average Bonchev–Trinajstić information content (AvgIpc) is 1.87. The summed E-state index contributed by atoms with van der Waals surface area (Å²) in [5.41, 5.74) is 0. The normalized spacial score (nSPS) is 34.9. The minimum absolute atomic E-state index is 0.733. The molecule has 0 heterocycles. The Morgan fingerprint density at radius 3 is 2.50 bits per heavy atom. The van der Waals surface area contributed by atoms with Crippen LogP contribution in [-0.4, -0.2) is 0 Å². The van der Waals surface area contributed by atoms with Crippen LogP contribution in [0.2, 0.25) is 0 Å². The molecule has 0 atom stereocenters. The zero-order valence-corrected chi connectivity index (χ0v) is 5.54. The maximum Gasteiger partial charge on any atom is 0.0303 e. The molecule has 0 aliphatic heterocycles. The van der Waals surface area contributed by atoms with Crippen LogP contribution < -0.4 is 0 Å². The van der Waals surface area contributed by atoms with E-state index in [-0.39, 0.29) is 0 Å². The van der Waals surface area contributed by atoms with Gasteiger partial charge in [0, 0.05) is 4.11 Å². The van der Waals surface area contributed by atoms with Crippen molar-refractivity contribution in [2.45, 2.75) is 45.4 Å². The highest BCUT2D eigenvalue weighted by Gasteiger charge is 2.09. The molecule has 0 aromatic carbocycles. The van der Waals surface area contributed by atoms with Crippen LogP contribution in [0, 0.1) is 5.89 Å². The first-order valence-corrected chi connectivity index (χ1v) is 3.46. The van der Waals surface area contributed by atoms with E-state index in [2.05, 4.69) is 0 Å². The zero-order valence-electron chi connectivity index (χ0n) is 8.54. The second-order valence-corrected chi connectivity index (χ2v) is 2.41. The molecular formula is C8H16. The third-order valence-electron chi connectivity index (χ3n) is 1.81. The van der Waals surface area contributed by atoms with Crippen LogP contribution in [0.15, 0.2) is 0 Å². The molecule has 0 aromatic rings. The van der Waals surface area contributed by atoms with E-state index in [4.69, 9.17) is 4.11 Å². The maximum atomic E-state index is 7.90. The van der Waals surface area contributed by atoms with Crippen LogP contribution in [0.3, 0.4) is 0 Å². The van der Waals surface area contributed by atoms with Gasteiger partial charge in [-0.2, -0.15) is 0 Å². The molecule has 0 unspecified atom stereocenters. The molecule has 0 N–H and O–H groups in total. The molecule has 0 heteroatoms. The van der Waals surface area contributed by atoms with Crippen LogP contribution in [0.5, 0.6) is 0 Å². The minimum atomic E-state index is -1.33. The fraction of sp³-hybridized carbons (Fsp3) is 1.00. The van der Waals surface area contributed by atoms with Crippen molar-refractivity contribution in [3.05, 3.63) is 0 Å². The van der Waals surface area contributed by atoms with Gasteiger partial charge in [-0.25, -0.2) is 0 Å². The van der Waals surface area contributed by atoms with Gasteiger partial charge in [0.15, 0.2) is 0 Å². The van der Waals surface area contributed by atoms with E-state index in [1.807, 2.05) is 0 Å². The average molecular weight is 115 g/mol. The molecule has 0 radical (unpaired) electrons. The van der Waals surface area contributed by atoms with Gasteiger partial charge in [0.05, 0.1) is 0 Å². The van der Waals surface area contributed by atoms with Gasteiger partial charge in [0.2, 0.25) is 0 Å².